The van der Waals surface area contributed by atoms with E-state index in [1.54, 1.807) is 12.1 Å². The molecule has 0 aromatic heterocycles. The summed E-state index contributed by atoms with van der Waals surface area (Å²) >= 11 is 5.43. The van der Waals surface area contributed by atoms with Crippen LogP contribution in [-0.4, -0.2) is 43.6 Å². The van der Waals surface area contributed by atoms with Gasteiger partial charge in [-0.3, -0.25) is 0 Å². The highest BCUT2D eigenvalue weighted by molar-refractivity contribution is 7.89. The van der Waals surface area contributed by atoms with Crippen LogP contribution in [0.2, 0.25) is 0 Å². The third-order valence-electron chi connectivity index (χ3n) is 5.12. The minimum atomic E-state index is -3.57. The lowest BCUT2D eigenvalue weighted by Gasteiger charge is -2.24. The van der Waals surface area contributed by atoms with Crippen LogP contribution in [0, 0.1) is 0 Å². The van der Waals surface area contributed by atoms with Crippen molar-refractivity contribution in [3.8, 4) is 5.75 Å². The lowest BCUT2D eigenvalue weighted by atomic mass is 9.96. The van der Waals surface area contributed by atoms with Crippen LogP contribution < -0.4 is 15.4 Å². The average Bonchev–Trinajstić information content (AvgIpc) is 3.19. The summed E-state index contributed by atoms with van der Waals surface area (Å²) in [6.07, 6.45) is 7.78. The molecule has 0 amide bonds. The van der Waals surface area contributed by atoms with Crippen LogP contribution in [0.3, 0.4) is 0 Å². The molecule has 1 saturated carbocycles. The topological polar surface area (TPSA) is 70.7 Å². The van der Waals surface area contributed by atoms with E-state index in [0.717, 1.165) is 25.7 Å². The first-order valence-corrected chi connectivity index (χ1v) is 11.7. The number of sulfonamides is 1. The smallest absolute Gasteiger partial charge is 0.246 e. The summed E-state index contributed by atoms with van der Waals surface area (Å²) < 4.78 is 33.2. The quantitative estimate of drug-likeness (QED) is 0.699. The molecule has 2 N–H and O–H groups in total. The van der Waals surface area contributed by atoms with Gasteiger partial charge in [-0.25, -0.2) is 8.42 Å². The molecule has 1 aromatic rings. The molecule has 6 nitrogen and oxygen atoms in total. The third-order valence-corrected chi connectivity index (χ3v) is 7.26. The second kappa shape index (κ2) is 9.21. The molecule has 0 unspecified atom stereocenters. The summed E-state index contributed by atoms with van der Waals surface area (Å²) in [6.45, 7) is 3.39. The van der Waals surface area contributed by atoms with Gasteiger partial charge in [0, 0.05) is 24.8 Å². The van der Waals surface area contributed by atoms with E-state index in [9.17, 15) is 8.42 Å². The Morgan fingerprint density at radius 3 is 2.56 bits per heavy atom. The Hall–Kier alpha value is -1.38. The van der Waals surface area contributed by atoms with E-state index < -0.39 is 10.0 Å². The Balaban J connectivity index is 1.77. The van der Waals surface area contributed by atoms with E-state index in [-0.39, 0.29) is 4.90 Å². The number of hydrogen-bond acceptors (Lipinski definition) is 4. The number of ether oxygens (including phenoxy) is 1. The van der Waals surface area contributed by atoms with Crippen molar-refractivity contribution >= 4 is 33.0 Å². The predicted molar refractivity (Wildman–Crippen MR) is 112 cm³/mol. The Morgan fingerprint density at radius 2 is 1.89 bits per heavy atom. The number of hydrogen-bond donors (Lipinski definition) is 2. The highest BCUT2D eigenvalue weighted by Gasteiger charge is 2.30. The molecule has 0 spiro atoms. The second-order valence-electron chi connectivity index (χ2n) is 7.14. The van der Waals surface area contributed by atoms with E-state index in [0.29, 0.717) is 42.3 Å². The fourth-order valence-electron chi connectivity index (χ4n) is 3.73. The molecule has 8 heteroatoms. The van der Waals surface area contributed by atoms with Crippen molar-refractivity contribution in [1.82, 2.24) is 9.62 Å². The monoisotopic (exact) mass is 411 g/mol. The van der Waals surface area contributed by atoms with Gasteiger partial charge in [-0.05, 0) is 63.0 Å². The summed E-state index contributed by atoms with van der Waals surface area (Å²) in [4.78, 5) is 0.205. The molecule has 150 valence electrons. The molecule has 0 bridgehead atoms. The van der Waals surface area contributed by atoms with Gasteiger partial charge in [0.05, 0.1) is 6.61 Å². The van der Waals surface area contributed by atoms with Gasteiger partial charge >= 0.3 is 0 Å². The highest BCUT2D eigenvalue weighted by Crippen LogP contribution is 2.31. The molecule has 3 rings (SSSR count). The molecule has 1 heterocycles. The first-order chi connectivity index (χ1) is 13.0. The Bertz CT molecular complexity index is 755. The number of benzene rings is 1. The largest absolute Gasteiger partial charge is 0.492 e. The maximum Gasteiger partial charge on any atom is 0.246 e. The lowest BCUT2D eigenvalue weighted by Crippen LogP contribution is -2.38. The highest BCUT2D eigenvalue weighted by atomic mass is 32.2. The molecule has 1 aliphatic carbocycles. The van der Waals surface area contributed by atoms with E-state index in [2.05, 4.69) is 10.6 Å². The first-order valence-electron chi connectivity index (χ1n) is 9.85. The fourth-order valence-corrected chi connectivity index (χ4v) is 5.69. The van der Waals surface area contributed by atoms with Crippen molar-refractivity contribution in [2.45, 2.75) is 62.8 Å². The standard InChI is InChI=1S/C19H29N3O3S2/c1-2-25-17-11-10-16(21-19(26)20-15-8-4-3-5-9-15)14-18(17)27(23,24)22-12-6-7-13-22/h10-11,14-15H,2-9,12-13H2,1H3,(H2,20,21,26). The van der Waals surface area contributed by atoms with Crippen molar-refractivity contribution in [3.63, 3.8) is 0 Å². The van der Waals surface area contributed by atoms with Crippen LogP contribution in [-0.2, 0) is 10.0 Å². The van der Waals surface area contributed by atoms with Gasteiger partial charge in [-0.15, -0.1) is 0 Å². The van der Waals surface area contributed by atoms with Gasteiger partial charge in [0.1, 0.15) is 10.6 Å². The van der Waals surface area contributed by atoms with Crippen LogP contribution in [0.4, 0.5) is 5.69 Å². The van der Waals surface area contributed by atoms with Crippen LogP contribution in [0.15, 0.2) is 23.1 Å². The number of rotatable bonds is 6. The third kappa shape index (κ3) is 5.12. The van der Waals surface area contributed by atoms with Crippen molar-refractivity contribution < 1.29 is 13.2 Å². The Labute approximate surface area is 167 Å². The second-order valence-corrected chi connectivity index (χ2v) is 9.45. The summed E-state index contributed by atoms with van der Waals surface area (Å²) in [6, 6.07) is 5.54. The Morgan fingerprint density at radius 1 is 1.19 bits per heavy atom. The molecule has 27 heavy (non-hydrogen) atoms. The van der Waals surface area contributed by atoms with Crippen molar-refractivity contribution in [3.05, 3.63) is 18.2 Å². The predicted octanol–water partition coefficient (Wildman–Crippen LogP) is 3.49. The SMILES string of the molecule is CCOc1ccc(NC(=S)NC2CCCCC2)cc1S(=O)(=O)N1CCCC1. The van der Waals surface area contributed by atoms with E-state index >= 15 is 0 Å². The molecular weight excluding hydrogens is 382 g/mol. The fraction of sp³-hybridized carbons (Fsp3) is 0.632. The normalized spacial score (nSPS) is 19.0. The van der Waals surface area contributed by atoms with Crippen LogP contribution >= 0.6 is 12.2 Å². The number of nitrogens with zero attached hydrogens (tertiary/aromatic N) is 1. The van der Waals surface area contributed by atoms with Gasteiger partial charge in [0.15, 0.2) is 5.11 Å². The van der Waals surface area contributed by atoms with Gasteiger partial charge in [-0.2, -0.15) is 4.31 Å². The van der Waals surface area contributed by atoms with Crippen LogP contribution in [0.25, 0.3) is 0 Å². The van der Waals surface area contributed by atoms with Gasteiger partial charge in [0.25, 0.3) is 0 Å². The van der Waals surface area contributed by atoms with Gasteiger partial charge in [0.2, 0.25) is 10.0 Å². The zero-order valence-electron chi connectivity index (χ0n) is 15.9. The molecule has 2 aliphatic rings. The molecule has 1 saturated heterocycles. The minimum absolute atomic E-state index is 0.205. The van der Waals surface area contributed by atoms with E-state index in [1.807, 2.05) is 13.0 Å². The van der Waals surface area contributed by atoms with Crippen molar-refractivity contribution in [1.29, 1.82) is 0 Å². The summed E-state index contributed by atoms with van der Waals surface area (Å²) in [5.41, 5.74) is 0.657. The number of thiocarbonyl (C=S) groups is 1. The molecule has 1 aliphatic heterocycles. The van der Waals surface area contributed by atoms with Crippen molar-refractivity contribution in [2.24, 2.45) is 0 Å². The summed E-state index contributed by atoms with van der Waals surface area (Å²) in [7, 11) is -3.57. The van der Waals surface area contributed by atoms with Crippen LogP contribution in [0.1, 0.15) is 51.9 Å². The first kappa shape index (κ1) is 20.4. The zero-order valence-corrected chi connectivity index (χ0v) is 17.5. The minimum Gasteiger partial charge on any atom is -0.492 e. The average molecular weight is 412 g/mol. The maximum atomic E-state index is 13.1. The molecule has 0 atom stereocenters. The number of anilines is 1. The van der Waals surface area contributed by atoms with E-state index in [1.165, 1.54) is 23.6 Å². The maximum absolute atomic E-state index is 13.1. The van der Waals surface area contributed by atoms with Gasteiger partial charge in [-0.1, -0.05) is 19.3 Å². The van der Waals surface area contributed by atoms with Crippen molar-refractivity contribution in [2.75, 3.05) is 25.0 Å². The molecule has 2 fully saturated rings. The number of nitrogens with one attached hydrogen (secondary N) is 2. The molecule has 1 aromatic carbocycles. The zero-order chi connectivity index (χ0) is 19.3. The lowest BCUT2D eigenvalue weighted by molar-refractivity contribution is 0.330. The van der Waals surface area contributed by atoms with Crippen LogP contribution in [0.5, 0.6) is 5.75 Å². The molecular formula is C19H29N3O3S2. The molecule has 0 radical (unpaired) electrons. The summed E-state index contributed by atoms with van der Waals surface area (Å²) in [5, 5.41) is 7.03. The Kier molecular flexibility index (Phi) is 6.94. The summed E-state index contributed by atoms with van der Waals surface area (Å²) in [5.74, 6) is 0.390. The van der Waals surface area contributed by atoms with Gasteiger partial charge < -0.3 is 15.4 Å². The van der Waals surface area contributed by atoms with E-state index in [4.69, 9.17) is 17.0 Å².